The van der Waals surface area contributed by atoms with Gasteiger partial charge in [0.15, 0.2) is 10.8 Å². The Bertz CT molecular complexity index is 915. The van der Waals surface area contributed by atoms with Gasteiger partial charge in [-0.3, -0.25) is 19.7 Å². The van der Waals surface area contributed by atoms with E-state index in [2.05, 4.69) is 5.32 Å². The third-order valence-corrected chi connectivity index (χ3v) is 5.80. The number of Topliss-reactive ketones (excluding diaryl/α,β-unsaturated/α-hetero) is 1. The van der Waals surface area contributed by atoms with Gasteiger partial charge < -0.3 is 15.0 Å². The summed E-state index contributed by atoms with van der Waals surface area (Å²) in [5, 5.41) is 14.6. The summed E-state index contributed by atoms with van der Waals surface area (Å²) in [6.45, 7) is 6.75. The molecule has 0 spiro atoms. The third kappa shape index (κ3) is 4.99. The number of nitro groups is 1. The zero-order chi connectivity index (χ0) is 21.1. The first-order valence-corrected chi connectivity index (χ1v) is 10.1. The van der Waals surface area contributed by atoms with Crippen LogP contribution >= 0.6 is 11.3 Å². The van der Waals surface area contributed by atoms with Crippen molar-refractivity contribution in [3.05, 3.63) is 56.5 Å². The van der Waals surface area contributed by atoms with Crippen LogP contribution < -0.4 is 5.32 Å². The number of morpholine rings is 1. The fraction of sp³-hybridized carbons (Fsp3) is 0.400. The Labute approximate surface area is 172 Å². The Balaban J connectivity index is 1.66. The maximum absolute atomic E-state index is 12.7. The van der Waals surface area contributed by atoms with Gasteiger partial charge in [0.25, 0.3) is 5.91 Å². The standard InChI is InChI=1S/C20H23N3O5S/c1-12-10-22(11-13(2)28-12)20(25)16-6-4-15(5-7-16)9-21-19-17(23(26)27)8-18(29-19)14(3)24/h4-8,12-13,21H,9-11H2,1-3H3. The number of carbonyl (C=O) groups excluding carboxylic acids is 2. The van der Waals surface area contributed by atoms with E-state index < -0.39 is 4.92 Å². The van der Waals surface area contributed by atoms with Crippen LogP contribution in [0.2, 0.25) is 0 Å². The van der Waals surface area contributed by atoms with E-state index in [1.54, 1.807) is 17.0 Å². The van der Waals surface area contributed by atoms with E-state index in [1.807, 2.05) is 26.0 Å². The van der Waals surface area contributed by atoms with E-state index in [0.29, 0.717) is 35.1 Å². The average Bonchev–Trinajstić information content (AvgIpc) is 3.10. The van der Waals surface area contributed by atoms with Gasteiger partial charge in [0.1, 0.15) is 0 Å². The second-order valence-electron chi connectivity index (χ2n) is 7.16. The molecule has 1 amide bonds. The van der Waals surface area contributed by atoms with Gasteiger partial charge in [-0.15, -0.1) is 11.3 Å². The molecule has 2 atom stereocenters. The molecule has 8 nitrogen and oxygen atoms in total. The minimum atomic E-state index is -0.503. The van der Waals surface area contributed by atoms with Crippen molar-refractivity contribution in [2.45, 2.75) is 39.5 Å². The molecule has 0 aliphatic carbocycles. The number of hydrogen-bond donors (Lipinski definition) is 1. The van der Waals surface area contributed by atoms with Crippen LogP contribution in [-0.4, -0.2) is 46.8 Å². The average molecular weight is 417 g/mol. The maximum Gasteiger partial charge on any atom is 0.304 e. The number of benzene rings is 1. The second kappa shape index (κ2) is 8.71. The topological polar surface area (TPSA) is 102 Å². The molecule has 1 aliphatic heterocycles. The number of nitrogens with one attached hydrogen (secondary N) is 1. The number of anilines is 1. The summed E-state index contributed by atoms with van der Waals surface area (Å²) in [6.07, 6.45) is 0.0142. The highest BCUT2D eigenvalue weighted by molar-refractivity contribution is 7.18. The van der Waals surface area contributed by atoms with Crippen LogP contribution in [-0.2, 0) is 11.3 Å². The molecule has 0 radical (unpaired) electrons. The van der Waals surface area contributed by atoms with Gasteiger partial charge >= 0.3 is 5.69 Å². The molecule has 0 saturated carbocycles. The lowest BCUT2D eigenvalue weighted by Crippen LogP contribution is -2.48. The quantitative estimate of drug-likeness (QED) is 0.437. The van der Waals surface area contributed by atoms with Crippen LogP contribution in [0.15, 0.2) is 30.3 Å². The van der Waals surface area contributed by atoms with Crippen LogP contribution in [0.3, 0.4) is 0 Å². The Morgan fingerprint density at radius 1 is 1.24 bits per heavy atom. The van der Waals surface area contributed by atoms with Gasteiger partial charge in [-0.05, 0) is 38.5 Å². The van der Waals surface area contributed by atoms with Crippen molar-refractivity contribution in [1.82, 2.24) is 4.90 Å². The van der Waals surface area contributed by atoms with Crippen molar-refractivity contribution in [2.24, 2.45) is 0 Å². The molecule has 154 valence electrons. The molecule has 1 saturated heterocycles. The lowest BCUT2D eigenvalue weighted by Gasteiger charge is -2.35. The highest BCUT2D eigenvalue weighted by Crippen LogP contribution is 2.35. The molecule has 1 aromatic heterocycles. The van der Waals surface area contributed by atoms with E-state index in [9.17, 15) is 19.7 Å². The first kappa shape index (κ1) is 20.9. The van der Waals surface area contributed by atoms with Gasteiger partial charge in [0.2, 0.25) is 0 Å². The van der Waals surface area contributed by atoms with E-state index in [4.69, 9.17) is 4.74 Å². The SMILES string of the molecule is CC(=O)c1cc([N+](=O)[O-])c(NCc2ccc(C(=O)N3CC(C)OC(C)C3)cc2)s1. The third-order valence-electron chi connectivity index (χ3n) is 4.62. The summed E-state index contributed by atoms with van der Waals surface area (Å²) in [5.41, 5.74) is 1.36. The predicted octanol–water partition coefficient (Wildman–Crippen LogP) is 3.72. The minimum Gasteiger partial charge on any atom is -0.372 e. The molecule has 2 unspecified atom stereocenters. The van der Waals surface area contributed by atoms with E-state index in [-0.39, 0.29) is 29.6 Å². The van der Waals surface area contributed by atoms with Crippen LogP contribution in [0, 0.1) is 10.1 Å². The number of ketones is 1. The van der Waals surface area contributed by atoms with Crippen molar-refractivity contribution < 1.29 is 19.2 Å². The van der Waals surface area contributed by atoms with E-state index in [1.165, 1.54) is 13.0 Å². The zero-order valence-corrected chi connectivity index (χ0v) is 17.3. The monoisotopic (exact) mass is 417 g/mol. The van der Waals surface area contributed by atoms with Gasteiger partial charge in [0.05, 0.1) is 22.0 Å². The molecule has 3 rings (SSSR count). The Morgan fingerprint density at radius 2 is 1.86 bits per heavy atom. The van der Waals surface area contributed by atoms with Gasteiger partial charge in [-0.1, -0.05) is 12.1 Å². The summed E-state index contributed by atoms with van der Waals surface area (Å²) < 4.78 is 5.67. The number of hydrogen-bond acceptors (Lipinski definition) is 7. The summed E-state index contributed by atoms with van der Waals surface area (Å²) >= 11 is 1.07. The lowest BCUT2D eigenvalue weighted by atomic mass is 10.1. The van der Waals surface area contributed by atoms with E-state index in [0.717, 1.165) is 16.9 Å². The van der Waals surface area contributed by atoms with Crippen LogP contribution in [0.1, 0.15) is 46.4 Å². The van der Waals surface area contributed by atoms with Crippen LogP contribution in [0.5, 0.6) is 0 Å². The van der Waals surface area contributed by atoms with Crippen molar-refractivity contribution in [1.29, 1.82) is 0 Å². The number of amides is 1. The smallest absolute Gasteiger partial charge is 0.304 e. The van der Waals surface area contributed by atoms with Crippen molar-refractivity contribution >= 4 is 33.7 Å². The molecule has 0 bridgehead atoms. The molecule has 1 aliphatic rings. The van der Waals surface area contributed by atoms with Gasteiger partial charge in [0, 0.05) is 31.3 Å². The summed E-state index contributed by atoms with van der Waals surface area (Å²) in [4.78, 5) is 37.0. The summed E-state index contributed by atoms with van der Waals surface area (Å²) in [6, 6.07) is 8.45. The highest BCUT2D eigenvalue weighted by atomic mass is 32.1. The van der Waals surface area contributed by atoms with E-state index >= 15 is 0 Å². The normalized spacial score (nSPS) is 19.1. The summed E-state index contributed by atoms with van der Waals surface area (Å²) in [7, 11) is 0. The first-order valence-electron chi connectivity index (χ1n) is 9.31. The fourth-order valence-electron chi connectivity index (χ4n) is 3.29. The number of rotatable bonds is 6. The molecular weight excluding hydrogens is 394 g/mol. The number of carbonyl (C=O) groups is 2. The van der Waals surface area contributed by atoms with Gasteiger partial charge in [-0.25, -0.2) is 0 Å². The molecule has 9 heteroatoms. The molecule has 2 heterocycles. The van der Waals surface area contributed by atoms with Crippen molar-refractivity contribution in [3.63, 3.8) is 0 Å². The first-order chi connectivity index (χ1) is 13.7. The number of nitrogens with zero attached hydrogens (tertiary/aromatic N) is 2. The van der Waals surface area contributed by atoms with Crippen LogP contribution in [0.4, 0.5) is 10.7 Å². The zero-order valence-electron chi connectivity index (χ0n) is 16.5. The largest absolute Gasteiger partial charge is 0.372 e. The number of ether oxygens (including phenoxy) is 1. The minimum absolute atomic E-state index is 0.00709. The molecule has 1 fully saturated rings. The summed E-state index contributed by atoms with van der Waals surface area (Å²) in [5.74, 6) is -0.243. The Morgan fingerprint density at radius 3 is 2.41 bits per heavy atom. The Kier molecular flexibility index (Phi) is 6.29. The second-order valence-corrected chi connectivity index (χ2v) is 8.21. The molecule has 1 aromatic carbocycles. The predicted molar refractivity (Wildman–Crippen MR) is 111 cm³/mol. The fourth-order valence-corrected chi connectivity index (χ4v) is 4.21. The Hall–Kier alpha value is -2.78. The van der Waals surface area contributed by atoms with Gasteiger partial charge in [-0.2, -0.15) is 0 Å². The molecule has 2 aromatic rings. The molecule has 29 heavy (non-hydrogen) atoms. The maximum atomic E-state index is 12.7. The van der Waals surface area contributed by atoms with Crippen LogP contribution in [0.25, 0.3) is 0 Å². The molecule has 1 N–H and O–H groups in total. The highest BCUT2D eigenvalue weighted by Gasteiger charge is 2.26. The number of thiophene rings is 1. The van der Waals surface area contributed by atoms with Crippen molar-refractivity contribution in [3.8, 4) is 0 Å². The van der Waals surface area contributed by atoms with Crippen molar-refractivity contribution in [2.75, 3.05) is 18.4 Å². The lowest BCUT2D eigenvalue weighted by molar-refractivity contribution is -0.383. The molecular formula is C20H23N3O5S.